The van der Waals surface area contributed by atoms with Crippen molar-refractivity contribution < 1.29 is 22.7 Å². The largest absolute Gasteiger partial charge is 0.484 e. The third kappa shape index (κ3) is 6.57. The smallest absolute Gasteiger partial charge is 0.276 e. The van der Waals surface area contributed by atoms with Crippen LogP contribution in [0.5, 0.6) is 5.75 Å². The minimum Gasteiger partial charge on any atom is -0.484 e. The Kier molecular flexibility index (Phi) is 7.42. The Morgan fingerprint density at radius 2 is 1.93 bits per heavy atom. The van der Waals surface area contributed by atoms with Gasteiger partial charge in [0.1, 0.15) is 5.75 Å². The first kappa shape index (κ1) is 21.8. The van der Waals surface area contributed by atoms with Crippen LogP contribution in [0, 0.1) is 6.92 Å². The maximum Gasteiger partial charge on any atom is 0.276 e. The molecule has 9 heteroatoms. The van der Waals surface area contributed by atoms with Gasteiger partial charge in [-0.3, -0.25) is 4.79 Å². The van der Waals surface area contributed by atoms with Gasteiger partial charge in [-0.2, -0.15) is 13.5 Å². The van der Waals surface area contributed by atoms with E-state index in [4.69, 9.17) is 9.47 Å². The monoisotopic (exact) mass is 431 g/mol. The van der Waals surface area contributed by atoms with E-state index in [1.807, 2.05) is 6.92 Å². The zero-order chi connectivity index (χ0) is 21.4. The summed E-state index contributed by atoms with van der Waals surface area (Å²) in [5.74, 6) is 0.321. The van der Waals surface area contributed by atoms with Crippen LogP contribution in [0.4, 0.5) is 0 Å². The lowest BCUT2D eigenvalue weighted by Crippen LogP contribution is -2.35. The van der Waals surface area contributed by atoms with Crippen molar-refractivity contribution in [2.75, 3.05) is 19.8 Å². The predicted octanol–water partition coefficient (Wildman–Crippen LogP) is 1.98. The predicted molar refractivity (Wildman–Crippen MR) is 113 cm³/mol. The molecule has 3 rings (SSSR count). The Morgan fingerprint density at radius 3 is 2.60 bits per heavy atom. The Bertz CT molecular complexity index is 967. The van der Waals surface area contributed by atoms with Gasteiger partial charge in [0, 0.05) is 13.2 Å². The first-order valence-corrected chi connectivity index (χ1v) is 11.1. The van der Waals surface area contributed by atoms with Crippen LogP contribution < -0.4 is 14.9 Å². The molecule has 1 heterocycles. The first-order valence-electron chi connectivity index (χ1n) is 9.65. The van der Waals surface area contributed by atoms with Crippen molar-refractivity contribution in [3.05, 3.63) is 59.7 Å². The number of amides is 1. The van der Waals surface area contributed by atoms with E-state index in [2.05, 4.69) is 15.2 Å². The molecule has 2 aromatic carbocycles. The highest BCUT2D eigenvalue weighted by Crippen LogP contribution is 2.13. The van der Waals surface area contributed by atoms with Crippen molar-refractivity contribution in [1.82, 2.24) is 10.1 Å². The van der Waals surface area contributed by atoms with Crippen LogP contribution in [0.25, 0.3) is 0 Å². The molecule has 1 saturated heterocycles. The summed E-state index contributed by atoms with van der Waals surface area (Å²) in [6.07, 6.45) is 3.48. The Hall–Kier alpha value is -2.91. The van der Waals surface area contributed by atoms with Crippen LogP contribution in [0.2, 0.25) is 0 Å². The summed E-state index contributed by atoms with van der Waals surface area (Å²) in [5, 5.41) is 6.59. The quantitative estimate of drug-likeness (QED) is 0.467. The van der Waals surface area contributed by atoms with Gasteiger partial charge < -0.3 is 14.8 Å². The molecule has 1 fully saturated rings. The number of hydrazone groups is 1. The van der Waals surface area contributed by atoms with Gasteiger partial charge in [0.2, 0.25) is 0 Å². The van der Waals surface area contributed by atoms with Crippen LogP contribution in [0.1, 0.15) is 24.0 Å². The van der Waals surface area contributed by atoms with Crippen LogP contribution in [0.15, 0.2) is 58.5 Å². The van der Waals surface area contributed by atoms with E-state index >= 15 is 0 Å². The molecule has 1 aliphatic rings. The Balaban J connectivity index is 1.44. The minimum absolute atomic E-state index is 0.0868. The SMILES string of the molecule is Cc1ccc(S(=O)(=O)N/N=C\c2ccc(OCC(=O)NC[C@H]3CCCO3)cc2)cc1. The third-order valence-corrected chi connectivity index (χ3v) is 5.76. The van der Waals surface area contributed by atoms with Gasteiger partial charge in [0.15, 0.2) is 6.61 Å². The maximum atomic E-state index is 12.2. The molecule has 160 valence electrons. The van der Waals surface area contributed by atoms with E-state index in [-0.39, 0.29) is 23.5 Å². The lowest BCUT2D eigenvalue weighted by Gasteiger charge is -2.11. The number of benzene rings is 2. The van der Waals surface area contributed by atoms with Gasteiger partial charge in [-0.15, -0.1) is 0 Å². The standard InChI is InChI=1S/C21H25N3O5S/c1-16-4-10-20(11-5-16)30(26,27)24-23-13-17-6-8-18(9-7-17)29-15-21(25)22-14-19-3-2-12-28-19/h4-11,13,19,24H,2-3,12,14-15H2,1H3,(H,22,25)/b23-13-/t19-/m1/s1. The lowest BCUT2D eigenvalue weighted by atomic mass is 10.2. The van der Waals surface area contributed by atoms with Gasteiger partial charge in [0.05, 0.1) is 17.2 Å². The van der Waals surface area contributed by atoms with Gasteiger partial charge in [0.25, 0.3) is 15.9 Å². The molecule has 30 heavy (non-hydrogen) atoms. The fourth-order valence-corrected chi connectivity index (χ4v) is 3.61. The summed E-state index contributed by atoms with van der Waals surface area (Å²) in [7, 11) is -3.71. The summed E-state index contributed by atoms with van der Waals surface area (Å²) in [6, 6.07) is 13.3. The molecule has 0 radical (unpaired) electrons. The molecule has 0 unspecified atom stereocenters. The van der Waals surface area contributed by atoms with E-state index in [1.165, 1.54) is 18.3 Å². The van der Waals surface area contributed by atoms with Crippen LogP contribution in [-0.4, -0.2) is 46.4 Å². The molecule has 2 aromatic rings. The number of aryl methyl sites for hydroxylation is 1. The van der Waals surface area contributed by atoms with Crippen molar-refractivity contribution in [2.45, 2.75) is 30.8 Å². The summed E-state index contributed by atoms with van der Waals surface area (Å²) < 4.78 is 35.3. The van der Waals surface area contributed by atoms with Gasteiger partial charge >= 0.3 is 0 Å². The van der Waals surface area contributed by atoms with Gasteiger partial charge in [-0.05, 0) is 61.7 Å². The number of carbonyl (C=O) groups is 1. The number of carbonyl (C=O) groups excluding carboxylic acids is 1. The van der Waals surface area contributed by atoms with Crippen molar-refractivity contribution in [3.63, 3.8) is 0 Å². The highest BCUT2D eigenvalue weighted by atomic mass is 32.2. The molecule has 0 aromatic heterocycles. The Morgan fingerprint density at radius 1 is 1.20 bits per heavy atom. The number of nitrogens with zero attached hydrogens (tertiary/aromatic N) is 1. The van der Waals surface area contributed by atoms with Gasteiger partial charge in [-0.25, -0.2) is 4.83 Å². The van der Waals surface area contributed by atoms with Crippen molar-refractivity contribution in [3.8, 4) is 5.75 Å². The molecule has 0 spiro atoms. The fourth-order valence-electron chi connectivity index (χ4n) is 2.82. The molecular formula is C21H25N3O5S. The van der Waals surface area contributed by atoms with E-state index in [0.717, 1.165) is 25.0 Å². The van der Waals surface area contributed by atoms with E-state index < -0.39 is 10.0 Å². The molecule has 0 saturated carbocycles. The molecule has 0 bridgehead atoms. The third-order valence-electron chi connectivity index (χ3n) is 4.52. The topological polar surface area (TPSA) is 106 Å². The second-order valence-corrected chi connectivity index (χ2v) is 8.62. The highest BCUT2D eigenvalue weighted by Gasteiger charge is 2.16. The number of hydrogen-bond acceptors (Lipinski definition) is 6. The summed E-state index contributed by atoms with van der Waals surface area (Å²) in [5.41, 5.74) is 1.65. The average molecular weight is 432 g/mol. The zero-order valence-corrected chi connectivity index (χ0v) is 17.5. The normalized spacial score (nSPS) is 16.5. The number of ether oxygens (including phenoxy) is 2. The van der Waals surface area contributed by atoms with Crippen molar-refractivity contribution >= 4 is 22.1 Å². The van der Waals surface area contributed by atoms with Crippen molar-refractivity contribution in [2.24, 2.45) is 5.10 Å². The number of nitrogens with one attached hydrogen (secondary N) is 2. The Labute approximate surface area is 176 Å². The molecule has 2 N–H and O–H groups in total. The first-order chi connectivity index (χ1) is 14.4. The minimum atomic E-state index is -3.71. The molecule has 0 aliphatic carbocycles. The number of rotatable bonds is 9. The molecule has 8 nitrogen and oxygen atoms in total. The van der Waals surface area contributed by atoms with Crippen molar-refractivity contribution in [1.29, 1.82) is 0 Å². The molecule has 1 amide bonds. The van der Waals surface area contributed by atoms with Crippen LogP contribution in [0.3, 0.4) is 0 Å². The summed E-state index contributed by atoms with van der Waals surface area (Å²) >= 11 is 0. The average Bonchev–Trinajstić information content (AvgIpc) is 3.25. The lowest BCUT2D eigenvalue weighted by molar-refractivity contribution is -0.123. The second kappa shape index (κ2) is 10.2. The molecule has 1 aliphatic heterocycles. The molecular weight excluding hydrogens is 406 g/mol. The molecule has 1 atom stereocenters. The second-order valence-electron chi connectivity index (χ2n) is 6.96. The zero-order valence-electron chi connectivity index (χ0n) is 16.7. The van der Waals surface area contributed by atoms with E-state index in [0.29, 0.717) is 17.9 Å². The highest BCUT2D eigenvalue weighted by molar-refractivity contribution is 7.89. The van der Waals surface area contributed by atoms with E-state index in [1.54, 1.807) is 36.4 Å². The van der Waals surface area contributed by atoms with Crippen LogP contribution >= 0.6 is 0 Å². The maximum absolute atomic E-state index is 12.2. The fraction of sp³-hybridized carbons (Fsp3) is 0.333. The summed E-state index contributed by atoms with van der Waals surface area (Å²) in [4.78, 5) is 14.2. The number of sulfonamides is 1. The summed E-state index contributed by atoms with van der Waals surface area (Å²) in [6.45, 7) is 3.04. The number of hydrogen-bond donors (Lipinski definition) is 2. The van der Waals surface area contributed by atoms with Gasteiger partial charge in [-0.1, -0.05) is 17.7 Å². The van der Waals surface area contributed by atoms with E-state index in [9.17, 15) is 13.2 Å². The van der Waals surface area contributed by atoms with Crippen LogP contribution in [-0.2, 0) is 19.6 Å².